The Labute approximate surface area is 179 Å². The van der Waals surface area contributed by atoms with Gasteiger partial charge in [-0.05, 0) is 25.8 Å². The number of nitrogens with one attached hydrogen (secondary N) is 3. The van der Waals surface area contributed by atoms with E-state index in [2.05, 4.69) is 16.0 Å². The van der Waals surface area contributed by atoms with Crippen molar-refractivity contribution >= 4 is 29.7 Å². The molecule has 0 bridgehead atoms. The number of carboxylic acid groups (broad SMARTS) is 2. The molecular weight excluding hydrogens is 408 g/mol. The molecular formula is C20H28N4O7. The highest BCUT2D eigenvalue weighted by molar-refractivity contribution is 5.94. The summed E-state index contributed by atoms with van der Waals surface area (Å²) in [4.78, 5) is 58.9. The van der Waals surface area contributed by atoms with Gasteiger partial charge in [-0.2, -0.15) is 0 Å². The summed E-state index contributed by atoms with van der Waals surface area (Å²) in [5.74, 6) is -4.59. The zero-order valence-electron chi connectivity index (χ0n) is 17.3. The smallest absolute Gasteiger partial charge is 0.326 e. The Hall–Kier alpha value is -3.47. The second-order valence-electron chi connectivity index (χ2n) is 7.10. The van der Waals surface area contributed by atoms with Crippen LogP contribution in [-0.2, 0) is 30.4 Å². The van der Waals surface area contributed by atoms with Crippen LogP contribution in [0, 0.1) is 0 Å². The lowest BCUT2D eigenvalue weighted by Gasteiger charge is -2.23. The van der Waals surface area contributed by atoms with Gasteiger partial charge in [0, 0.05) is 12.8 Å². The van der Waals surface area contributed by atoms with Gasteiger partial charge in [0.25, 0.3) is 0 Å². The van der Waals surface area contributed by atoms with Gasteiger partial charge in [0.05, 0.1) is 6.04 Å². The fourth-order valence-electron chi connectivity index (χ4n) is 2.56. The molecule has 0 aromatic heterocycles. The Morgan fingerprint density at radius 2 is 1.45 bits per heavy atom. The summed E-state index contributed by atoms with van der Waals surface area (Å²) in [7, 11) is 0. The summed E-state index contributed by atoms with van der Waals surface area (Å²) in [6, 6.07) is 4.48. The van der Waals surface area contributed by atoms with Gasteiger partial charge >= 0.3 is 11.9 Å². The molecule has 11 nitrogen and oxygen atoms in total. The fraction of sp³-hybridized carbons (Fsp3) is 0.450. The third-order valence-corrected chi connectivity index (χ3v) is 4.34. The number of hydrogen-bond acceptors (Lipinski definition) is 6. The molecule has 0 aliphatic heterocycles. The number of carbonyl (C=O) groups is 5. The van der Waals surface area contributed by atoms with Crippen molar-refractivity contribution < 1.29 is 34.2 Å². The molecule has 0 radical (unpaired) electrons. The lowest BCUT2D eigenvalue weighted by atomic mass is 10.0. The molecule has 11 heteroatoms. The number of hydrogen-bond donors (Lipinski definition) is 6. The monoisotopic (exact) mass is 436 g/mol. The second kappa shape index (κ2) is 12.3. The Bertz CT molecular complexity index is 798. The number of amides is 3. The molecule has 31 heavy (non-hydrogen) atoms. The fourth-order valence-corrected chi connectivity index (χ4v) is 2.56. The van der Waals surface area contributed by atoms with E-state index < -0.39 is 60.2 Å². The van der Waals surface area contributed by atoms with E-state index >= 15 is 0 Å². The van der Waals surface area contributed by atoms with Crippen LogP contribution in [0.5, 0.6) is 0 Å². The average Bonchev–Trinajstić information content (AvgIpc) is 2.70. The van der Waals surface area contributed by atoms with E-state index in [1.54, 1.807) is 30.3 Å². The molecule has 4 atom stereocenters. The number of benzene rings is 1. The highest BCUT2D eigenvalue weighted by Crippen LogP contribution is 2.05. The average molecular weight is 436 g/mol. The summed E-state index contributed by atoms with van der Waals surface area (Å²) in [6.07, 6.45) is -0.603. The van der Waals surface area contributed by atoms with Gasteiger partial charge in [0.1, 0.15) is 18.1 Å². The molecule has 170 valence electrons. The van der Waals surface area contributed by atoms with Crippen molar-refractivity contribution in [2.24, 2.45) is 5.73 Å². The minimum absolute atomic E-state index is 0.149. The van der Waals surface area contributed by atoms with E-state index in [1.165, 1.54) is 13.8 Å². The molecule has 0 saturated carbocycles. The van der Waals surface area contributed by atoms with Gasteiger partial charge in [-0.1, -0.05) is 30.3 Å². The van der Waals surface area contributed by atoms with E-state index in [0.717, 1.165) is 5.56 Å². The van der Waals surface area contributed by atoms with Crippen LogP contribution < -0.4 is 21.7 Å². The quantitative estimate of drug-likeness (QED) is 0.240. The van der Waals surface area contributed by atoms with E-state index in [9.17, 15) is 24.0 Å². The maximum Gasteiger partial charge on any atom is 0.326 e. The Kier molecular flexibility index (Phi) is 10.1. The van der Waals surface area contributed by atoms with E-state index in [-0.39, 0.29) is 12.8 Å². The van der Waals surface area contributed by atoms with Crippen LogP contribution >= 0.6 is 0 Å². The molecule has 1 aromatic carbocycles. The summed E-state index contributed by atoms with van der Waals surface area (Å²) < 4.78 is 0. The predicted octanol–water partition coefficient (Wildman–Crippen LogP) is -1.000. The van der Waals surface area contributed by atoms with Crippen LogP contribution in [0.25, 0.3) is 0 Å². The zero-order valence-corrected chi connectivity index (χ0v) is 17.3. The van der Waals surface area contributed by atoms with Crippen molar-refractivity contribution in [1.29, 1.82) is 0 Å². The van der Waals surface area contributed by atoms with Crippen molar-refractivity contribution in [2.45, 2.75) is 57.3 Å². The number of nitrogens with two attached hydrogens (primary N) is 1. The maximum atomic E-state index is 12.7. The predicted molar refractivity (Wildman–Crippen MR) is 110 cm³/mol. The molecule has 0 fully saturated rings. The van der Waals surface area contributed by atoms with Crippen LogP contribution in [0.3, 0.4) is 0 Å². The molecule has 1 rings (SSSR count). The van der Waals surface area contributed by atoms with Gasteiger partial charge in [-0.15, -0.1) is 0 Å². The first-order valence-electron chi connectivity index (χ1n) is 9.66. The minimum atomic E-state index is -1.42. The Morgan fingerprint density at radius 1 is 0.871 bits per heavy atom. The SMILES string of the molecule is CC(N)C(=O)NC(Cc1ccccc1)C(=O)NC(C)C(=O)NC(CCC(=O)O)C(=O)O. The molecule has 0 heterocycles. The Morgan fingerprint density at radius 3 is 1.97 bits per heavy atom. The summed E-state index contributed by atoms with van der Waals surface area (Å²) in [5, 5.41) is 25.0. The molecule has 3 amide bonds. The van der Waals surface area contributed by atoms with E-state index in [0.29, 0.717) is 0 Å². The van der Waals surface area contributed by atoms with Crippen molar-refractivity contribution in [1.82, 2.24) is 16.0 Å². The van der Waals surface area contributed by atoms with Gasteiger partial charge in [-0.25, -0.2) is 4.79 Å². The van der Waals surface area contributed by atoms with Gasteiger partial charge in [0.15, 0.2) is 0 Å². The topological polar surface area (TPSA) is 188 Å². The van der Waals surface area contributed by atoms with Crippen molar-refractivity contribution in [2.75, 3.05) is 0 Å². The van der Waals surface area contributed by atoms with E-state index in [4.69, 9.17) is 15.9 Å². The molecule has 0 aliphatic carbocycles. The summed E-state index contributed by atoms with van der Waals surface area (Å²) in [6.45, 7) is 2.81. The minimum Gasteiger partial charge on any atom is -0.481 e. The van der Waals surface area contributed by atoms with Gasteiger partial charge in [-0.3, -0.25) is 19.2 Å². The second-order valence-corrected chi connectivity index (χ2v) is 7.10. The number of aliphatic carboxylic acids is 2. The first-order chi connectivity index (χ1) is 14.5. The van der Waals surface area contributed by atoms with Gasteiger partial charge in [0.2, 0.25) is 17.7 Å². The third-order valence-electron chi connectivity index (χ3n) is 4.34. The standard InChI is InChI=1S/C20H28N4O7/c1-11(21)17(27)24-15(10-13-6-4-3-5-7-13)19(29)22-12(2)18(28)23-14(20(30)31)8-9-16(25)26/h3-7,11-12,14-15H,8-10,21H2,1-2H3,(H,22,29)(H,23,28)(H,24,27)(H,25,26)(H,30,31). The number of rotatable bonds is 12. The van der Waals surface area contributed by atoms with Crippen molar-refractivity contribution in [3.05, 3.63) is 35.9 Å². The van der Waals surface area contributed by atoms with Crippen LogP contribution in [-0.4, -0.2) is 64.0 Å². The first kappa shape index (κ1) is 25.6. The molecule has 7 N–H and O–H groups in total. The third kappa shape index (κ3) is 9.26. The van der Waals surface area contributed by atoms with Crippen LogP contribution in [0.1, 0.15) is 32.3 Å². The highest BCUT2D eigenvalue weighted by Gasteiger charge is 2.28. The maximum absolute atomic E-state index is 12.7. The normalized spacial score (nSPS) is 14.4. The largest absolute Gasteiger partial charge is 0.481 e. The summed E-state index contributed by atoms with van der Waals surface area (Å²) >= 11 is 0. The van der Waals surface area contributed by atoms with Crippen LogP contribution in [0.2, 0.25) is 0 Å². The summed E-state index contributed by atoms with van der Waals surface area (Å²) in [5.41, 5.74) is 6.32. The molecule has 1 aromatic rings. The van der Waals surface area contributed by atoms with Crippen LogP contribution in [0.15, 0.2) is 30.3 Å². The van der Waals surface area contributed by atoms with Gasteiger partial charge < -0.3 is 31.9 Å². The number of carboxylic acids is 2. The number of carbonyl (C=O) groups excluding carboxylic acids is 3. The Balaban J connectivity index is 2.82. The van der Waals surface area contributed by atoms with Crippen LogP contribution in [0.4, 0.5) is 0 Å². The molecule has 0 saturated heterocycles. The van der Waals surface area contributed by atoms with Crippen molar-refractivity contribution in [3.8, 4) is 0 Å². The van der Waals surface area contributed by atoms with Crippen molar-refractivity contribution in [3.63, 3.8) is 0 Å². The zero-order chi connectivity index (χ0) is 23.6. The lowest BCUT2D eigenvalue weighted by molar-refractivity contribution is -0.143. The lowest BCUT2D eigenvalue weighted by Crippen LogP contribution is -2.56. The highest BCUT2D eigenvalue weighted by atomic mass is 16.4. The molecule has 0 spiro atoms. The molecule has 4 unspecified atom stereocenters. The molecule has 0 aliphatic rings. The van der Waals surface area contributed by atoms with E-state index in [1.807, 2.05) is 0 Å². The first-order valence-corrected chi connectivity index (χ1v) is 9.66.